The fourth-order valence-corrected chi connectivity index (χ4v) is 7.41. The quantitative estimate of drug-likeness (QED) is 0.167. The van der Waals surface area contributed by atoms with Gasteiger partial charge >= 0.3 is 0 Å². The summed E-state index contributed by atoms with van der Waals surface area (Å²) in [6.07, 6.45) is 0. The summed E-state index contributed by atoms with van der Waals surface area (Å²) in [5.41, 5.74) is 12.4. The molecule has 0 atom stereocenters. The van der Waals surface area contributed by atoms with Crippen molar-refractivity contribution in [2.45, 2.75) is 7.43 Å². The van der Waals surface area contributed by atoms with Crippen LogP contribution in [0.2, 0.25) is 0 Å². The third kappa shape index (κ3) is 5.38. The van der Waals surface area contributed by atoms with Crippen LogP contribution in [-0.2, 0) is 0 Å². The summed E-state index contributed by atoms with van der Waals surface area (Å²) in [7, 11) is 0. The maximum absolute atomic E-state index is 2.39. The third-order valence-electron chi connectivity index (χ3n) is 9.62. The van der Waals surface area contributed by atoms with E-state index < -0.39 is 0 Å². The second kappa shape index (κ2) is 12.8. The molecule has 0 saturated carbocycles. The Hall–Kier alpha value is -6.24. The molecule has 0 aliphatic carbocycles. The van der Waals surface area contributed by atoms with Crippen LogP contribution in [0.1, 0.15) is 7.43 Å². The average Bonchev–Trinajstić information content (AvgIpc) is 3.17. The minimum Gasteiger partial charge on any atom is -0.0776 e. The molecule has 0 spiro atoms. The van der Waals surface area contributed by atoms with Gasteiger partial charge in [-0.05, 0) is 112 Å². The highest BCUT2D eigenvalue weighted by atomic mass is 14.2. The predicted molar refractivity (Wildman–Crippen MR) is 213 cm³/mol. The van der Waals surface area contributed by atoms with Gasteiger partial charge in [-0.15, -0.1) is 0 Å². The maximum Gasteiger partial charge on any atom is -0.00199 e. The van der Waals surface area contributed by atoms with Gasteiger partial charge in [-0.3, -0.25) is 0 Å². The summed E-state index contributed by atoms with van der Waals surface area (Å²) in [5, 5.41) is 7.55. The molecule has 9 aromatic carbocycles. The van der Waals surface area contributed by atoms with E-state index in [1.54, 1.807) is 0 Å². The minimum atomic E-state index is 0. The van der Waals surface area contributed by atoms with Crippen LogP contribution in [0.15, 0.2) is 194 Å². The van der Waals surface area contributed by atoms with E-state index in [9.17, 15) is 0 Å². The number of fused-ring (bicyclic) bond motifs is 3. The monoisotopic (exact) mass is 624 g/mol. The molecule has 0 radical (unpaired) electrons. The molecule has 0 heterocycles. The van der Waals surface area contributed by atoms with Gasteiger partial charge in [0, 0.05) is 0 Å². The Balaban J connectivity index is 0.00000348. The van der Waals surface area contributed by atoms with Crippen molar-refractivity contribution in [2.24, 2.45) is 0 Å². The second-order valence-corrected chi connectivity index (χ2v) is 12.5. The summed E-state index contributed by atoms with van der Waals surface area (Å²) in [4.78, 5) is 0. The van der Waals surface area contributed by atoms with Crippen molar-refractivity contribution < 1.29 is 0 Å². The lowest BCUT2D eigenvalue weighted by Crippen LogP contribution is -1.93. The lowest BCUT2D eigenvalue weighted by Gasteiger charge is -2.20. The van der Waals surface area contributed by atoms with Gasteiger partial charge in [0.25, 0.3) is 0 Å². The number of hydrogen-bond donors (Lipinski definition) is 0. The molecule has 0 unspecified atom stereocenters. The molecule has 0 amide bonds. The molecule has 0 N–H and O–H groups in total. The SMILES string of the molecule is C.c1ccc(-c2cccc(-c3cccc(-c4c5ccccc5c(-c5cc(-c6ccccc6)cc6ccccc56)c5ccccc45)c3)c2)cc1. The smallest absolute Gasteiger partial charge is 0.00199 e. The van der Waals surface area contributed by atoms with Crippen LogP contribution < -0.4 is 0 Å². The van der Waals surface area contributed by atoms with Crippen LogP contribution in [0.25, 0.3) is 88.0 Å². The summed E-state index contributed by atoms with van der Waals surface area (Å²) >= 11 is 0. The fourth-order valence-electron chi connectivity index (χ4n) is 7.41. The second-order valence-electron chi connectivity index (χ2n) is 12.5. The average molecular weight is 625 g/mol. The first-order valence-electron chi connectivity index (χ1n) is 16.6. The Bertz CT molecular complexity index is 2540. The maximum atomic E-state index is 2.39. The molecule has 0 heteroatoms. The van der Waals surface area contributed by atoms with Crippen LogP contribution in [0.5, 0.6) is 0 Å². The molecular formula is C49H36. The summed E-state index contributed by atoms with van der Waals surface area (Å²) in [6, 6.07) is 70.7. The normalized spacial score (nSPS) is 11.1. The summed E-state index contributed by atoms with van der Waals surface area (Å²) in [6.45, 7) is 0. The van der Waals surface area contributed by atoms with Gasteiger partial charge in [0.05, 0.1) is 0 Å². The van der Waals surface area contributed by atoms with Gasteiger partial charge in [0.15, 0.2) is 0 Å². The fraction of sp³-hybridized carbons (Fsp3) is 0.0204. The lowest BCUT2D eigenvalue weighted by molar-refractivity contribution is 1.58. The first-order chi connectivity index (χ1) is 23.8. The van der Waals surface area contributed by atoms with E-state index in [1.165, 1.54) is 88.0 Å². The van der Waals surface area contributed by atoms with Crippen molar-refractivity contribution >= 4 is 32.3 Å². The zero-order valence-electron chi connectivity index (χ0n) is 26.5. The van der Waals surface area contributed by atoms with Crippen LogP contribution in [0, 0.1) is 0 Å². The Morgan fingerprint density at radius 2 is 0.612 bits per heavy atom. The van der Waals surface area contributed by atoms with E-state index >= 15 is 0 Å². The highest BCUT2D eigenvalue weighted by Crippen LogP contribution is 2.46. The van der Waals surface area contributed by atoms with Gasteiger partial charge < -0.3 is 0 Å². The van der Waals surface area contributed by atoms with Gasteiger partial charge in [-0.1, -0.05) is 177 Å². The molecule has 0 aliphatic heterocycles. The Labute approximate surface area is 288 Å². The van der Waals surface area contributed by atoms with Crippen molar-refractivity contribution in [3.05, 3.63) is 194 Å². The van der Waals surface area contributed by atoms with Crippen LogP contribution in [-0.4, -0.2) is 0 Å². The molecule has 0 nitrogen and oxygen atoms in total. The van der Waals surface area contributed by atoms with Gasteiger partial charge in [0.1, 0.15) is 0 Å². The topological polar surface area (TPSA) is 0 Å². The van der Waals surface area contributed by atoms with Crippen molar-refractivity contribution in [2.75, 3.05) is 0 Å². The molecule has 0 bridgehead atoms. The van der Waals surface area contributed by atoms with Crippen LogP contribution >= 0.6 is 0 Å². The lowest BCUT2D eigenvalue weighted by atomic mass is 9.83. The van der Waals surface area contributed by atoms with Gasteiger partial charge in [0.2, 0.25) is 0 Å². The van der Waals surface area contributed by atoms with E-state index in [0.717, 1.165) is 0 Å². The molecule has 0 fully saturated rings. The molecular weight excluding hydrogens is 589 g/mol. The van der Waals surface area contributed by atoms with Gasteiger partial charge in [-0.2, -0.15) is 0 Å². The number of rotatable bonds is 5. The van der Waals surface area contributed by atoms with E-state index in [0.29, 0.717) is 0 Å². The van der Waals surface area contributed by atoms with Crippen LogP contribution in [0.3, 0.4) is 0 Å². The van der Waals surface area contributed by atoms with Crippen molar-refractivity contribution in [3.63, 3.8) is 0 Å². The minimum absolute atomic E-state index is 0. The van der Waals surface area contributed by atoms with Crippen molar-refractivity contribution in [3.8, 4) is 55.6 Å². The summed E-state index contributed by atoms with van der Waals surface area (Å²) < 4.78 is 0. The van der Waals surface area contributed by atoms with E-state index in [-0.39, 0.29) is 7.43 Å². The molecule has 9 rings (SSSR count). The first kappa shape index (κ1) is 30.1. The number of benzene rings is 9. The zero-order chi connectivity index (χ0) is 31.9. The molecule has 0 saturated heterocycles. The van der Waals surface area contributed by atoms with E-state index in [1.807, 2.05) is 0 Å². The highest BCUT2D eigenvalue weighted by Gasteiger charge is 2.19. The van der Waals surface area contributed by atoms with E-state index in [2.05, 4.69) is 194 Å². The van der Waals surface area contributed by atoms with Crippen LogP contribution in [0.4, 0.5) is 0 Å². The standard InChI is InChI=1S/C48H32.CH4/c1-3-15-33(16-4-1)35-20-13-21-36(29-35)37-22-14-23-39(30-37)47-42-25-9-11-27-44(42)48(45-28-12-10-26-43(45)47)46-32-40(34-17-5-2-6-18-34)31-38-19-7-8-24-41(38)46;/h1-32H;1H4. The number of hydrogen-bond acceptors (Lipinski definition) is 0. The highest BCUT2D eigenvalue weighted by molar-refractivity contribution is 6.24. The van der Waals surface area contributed by atoms with Gasteiger partial charge in [-0.25, -0.2) is 0 Å². The Morgan fingerprint density at radius 1 is 0.224 bits per heavy atom. The molecule has 0 aliphatic rings. The Kier molecular flexibility index (Phi) is 7.84. The summed E-state index contributed by atoms with van der Waals surface area (Å²) in [5.74, 6) is 0. The molecule has 232 valence electrons. The predicted octanol–water partition coefficient (Wildman–Crippen LogP) is 14.1. The van der Waals surface area contributed by atoms with Crippen molar-refractivity contribution in [1.29, 1.82) is 0 Å². The molecule has 49 heavy (non-hydrogen) atoms. The third-order valence-corrected chi connectivity index (χ3v) is 9.62. The van der Waals surface area contributed by atoms with E-state index in [4.69, 9.17) is 0 Å². The largest absolute Gasteiger partial charge is 0.0776 e. The molecule has 0 aromatic heterocycles. The molecule has 9 aromatic rings. The first-order valence-corrected chi connectivity index (χ1v) is 16.6. The Morgan fingerprint density at radius 3 is 1.18 bits per heavy atom. The zero-order valence-corrected chi connectivity index (χ0v) is 26.5. The van der Waals surface area contributed by atoms with Crippen molar-refractivity contribution in [1.82, 2.24) is 0 Å².